The molecule has 1 aromatic heterocycles. The van der Waals surface area contributed by atoms with Gasteiger partial charge in [-0.2, -0.15) is 0 Å². The number of aromatic nitrogens is 2. The summed E-state index contributed by atoms with van der Waals surface area (Å²) in [6.07, 6.45) is 4.57. The highest BCUT2D eigenvalue weighted by Gasteiger charge is 2.21. The lowest BCUT2D eigenvalue weighted by molar-refractivity contribution is 0.0365. The molecule has 5 heteroatoms. The van der Waals surface area contributed by atoms with E-state index < -0.39 is 0 Å². The van der Waals surface area contributed by atoms with Gasteiger partial charge in [0.25, 0.3) is 0 Å². The van der Waals surface area contributed by atoms with Gasteiger partial charge in [0, 0.05) is 25.5 Å². The van der Waals surface area contributed by atoms with Gasteiger partial charge >= 0.3 is 0 Å². The van der Waals surface area contributed by atoms with Gasteiger partial charge in [0.1, 0.15) is 5.82 Å². The average Bonchev–Trinajstić information content (AvgIpc) is 2.30. The Labute approximate surface area is 95.6 Å². The van der Waals surface area contributed by atoms with Gasteiger partial charge in [-0.05, 0) is 19.9 Å². The van der Waals surface area contributed by atoms with E-state index in [9.17, 15) is 0 Å². The van der Waals surface area contributed by atoms with Crippen LogP contribution in [0.4, 0.5) is 5.82 Å². The third-order valence-corrected chi connectivity index (χ3v) is 2.78. The Hall–Kier alpha value is -1.20. The third kappa shape index (κ3) is 2.48. The SMILES string of the molecule is Cc1nccnc1N1CCOC(CCN)C1. The van der Waals surface area contributed by atoms with Crippen LogP contribution in [-0.4, -0.2) is 42.3 Å². The molecule has 0 saturated carbocycles. The van der Waals surface area contributed by atoms with Crippen molar-refractivity contribution in [2.75, 3.05) is 31.1 Å². The highest BCUT2D eigenvalue weighted by molar-refractivity contribution is 5.42. The smallest absolute Gasteiger partial charge is 0.150 e. The number of hydrogen-bond acceptors (Lipinski definition) is 5. The molecule has 0 radical (unpaired) electrons. The Bertz CT molecular complexity index is 343. The number of anilines is 1. The van der Waals surface area contributed by atoms with E-state index in [4.69, 9.17) is 10.5 Å². The van der Waals surface area contributed by atoms with Crippen molar-refractivity contribution < 1.29 is 4.74 Å². The van der Waals surface area contributed by atoms with E-state index in [2.05, 4.69) is 14.9 Å². The quantitative estimate of drug-likeness (QED) is 0.799. The van der Waals surface area contributed by atoms with E-state index in [1.54, 1.807) is 12.4 Å². The third-order valence-electron chi connectivity index (χ3n) is 2.78. The summed E-state index contributed by atoms with van der Waals surface area (Å²) in [5.74, 6) is 0.966. The lowest BCUT2D eigenvalue weighted by Crippen LogP contribution is -2.44. The number of ether oxygens (including phenoxy) is 1. The topological polar surface area (TPSA) is 64.3 Å². The Morgan fingerprint density at radius 3 is 3.06 bits per heavy atom. The zero-order valence-electron chi connectivity index (χ0n) is 9.59. The molecular weight excluding hydrogens is 204 g/mol. The van der Waals surface area contributed by atoms with Crippen LogP contribution < -0.4 is 10.6 Å². The lowest BCUT2D eigenvalue weighted by Gasteiger charge is -2.34. The van der Waals surface area contributed by atoms with Crippen molar-refractivity contribution in [3.05, 3.63) is 18.1 Å². The first-order valence-electron chi connectivity index (χ1n) is 5.65. The first-order chi connectivity index (χ1) is 7.81. The van der Waals surface area contributed by atoms with Crippen LogP contribution in [0.15, 0.2) is 12.4 Å². The fourth-order valence-electron chi connectivity index (χ4n) is 1.98. The van der Waals surface area contributed by atoms with E-state index in [0.717, 1.165) is 37.6 Å². The number of aryl methyl sites for hydroxylation is 1. The molecule has 0 bridgehead atoms. The van der Waals surface area contributed by atoms with Crippen molar-refractivity contribution in [2.24, 2.45) is 5.73 Å². The summed E-state index contributed by atoms with van der Waals surface area (Å²) in [6, 6.07) is 0. The second-order valence-electron chi connectivity index (χ2n) is 3.98. The second kappa shape index (κ2) is 5.23. The van der Waals surface area contributed by atoms with Gasteiger partial charge in [-0.3, -0.25) is 4.98 Å². The molecule has 1 aromatic rings. The minimum absolute atomic E-state index is 0.222. The van der Waals surface area contributed by atoms with Crippen molar-refractivity contribution in [1.29, 1.82) is 0 Å². The lowest BCUT2D eigenvalue weighted by atomic mass is 10.2. The van der Waals surface area contributed by atoms with Gasteiger partial charge in [-0.25, -0.2) is 4.98 Å². The van der Waals surface area contributed by atoms with E-state index in [-0.39, 0.29) is 6.10 Å². The summed E-state index contributed by atoms with van der Waals surface area (Å²) in [4.78, 5) is 10.9. The Balaban J connectivity index is 2.07. The van der Waals surface area contributed by atoms with Gasteiger partial charge in [0.15, 0.2) is 0 Å². The van der Waals surface area contributed by atoms with Crippen molar-refractivity contribution >= 4 is 5.82 Å². The molecule has 2 N–H and O–H groups in total. The Morgan fingerprint density at radius 2 is 2.31 bits per heavy atom. The molecule has 0 amide bonds. The Kier molecular flexibility index (Phi) is 3.69. The molecule has 1 aliphatic rings. The van der Waals surface area contributed by atoms with E-state index in [1.807, 2.05) is 6.92 Å². The molecule has 16 heavy (non-hydrogen) atoms. The van der Waals surface area contributed by atoms with Crippen molar-refractivity contribution in [2.45, 2.75) is 19.4 Å². The van der Waals surface area contributed by atoms with Crippen LogP contribution in [0, 0.1) is 6.92 Å². The van der Waals surface area contributed by atoms with Crippen molar-refractivity contribution in [3.63, 3.8) is 0 Å². The monoisotopic (exact) mass is 222 g/mol. The molecule has 2 heterocycles. The second-order valence-corrected chi connectivity index (χ2v) is 3.98. The summed E-state index contributed by atoms with van der Waals surface area (Å²) >= 11 is 0. The fraction of sp³-hybridized carbons (Fsp3) is 0.636. The predicted molar refractivity (Wildman–Crippen MR) is 62.4 cm³/mol. The summed E-state index contributed by atoms with van der Waals surface area (Å²) in [7, 11) is 0. The first-order valence-corrected chi connectivity index (χ1v) is 5.65. The molecule has 0 aromatic carbocycles. The zero-order chi connectivity index (χ0) is 11.4. The minimum atomic E-state index is 0.222. The molecule has 1 saturated heterocycles. The van der Waals surface area contributed by atoms with Crippen molar-refractivity contribution in [1.82, 2.24) is 9.97 Å². The van der Waals surface area contributed by atoms with Crippen LogP contribution >= 0.6 is 0 Å². The summed E-state index contributed by atoms with van der Waals surface area (Å²) in [5, 5.41) is 0. The average molecular weight is 222 g/mol. The van der Waals surface area contributed by atoms with Crippen LogP contribution in [0.2, 0.25) is 0 Å². The number of nitrogens with zero attached hydrogens (tertiary/aromatic N) is 3. The molecule has 88 valence electrons. The fourth-order valence-corrected chi connectivity index (χ4v) is 1.98. The van der Waals surface area contributed by atoms with E-state index >= 15 is 0 Å². The zero-order valence-corrected chi connectivity index (χ0v) is 9.59. The van der Waals surface area contributed by atoms with Gasteiger partial charge in [0.05, 0.1) is 18.4 Å². The number of rotatable bonds is 3. The van der Waals surface area contributed by atoms with Gasteiger partial charge < -0.3 is 15.4 Å². The minimum Gasteiger partial charge on any atom is -0.374 e. The van der Waals surface area contributed by atoms with Gasteiger partial charge in [-0.1, -0.05) is 0 Å². The molecular formula is C11H18N4O. The molecule has 1 unspecified atom stereocenters. The summed E-state index contributed by atoms with van der Waals surface area (Å²) < 4.78 is 5.64. The number of morpholine rings is 1. The highest BCUT2D eigenvalue weighted by Crippen LogP contribution is 2.18. The molecule has 0 aliphatic carbocycles. The number of nitrogens with two attached hydrogens (primary N) is 1. The first kappa shape index (κ1) is 11.3. The van der Waals surface area contributed by atoms with Crippen LogP contribution in [0.25, 0.3) is 0 Å². The van der Waals surface area contributed by atoms with Crippen LogP contribution in [0.1, 0.15) is 12.1 Å². The van der Waals surface area contributed by atoms with Crippen LogP contribution in [0.5, 0.6) is 0 Å². The largest absolute Gasteiger partial charge is 0.374 e. The predicted octanol–water partition coefficient (Wildman–Crippen LogP) is 0.339. The standard InChI is InChI=1S/C11H18N4O/c1-9-11(14-5-4-13-9)15-6-7-16-10(8-15)2-3-12/h4-5,10H,2-3,6-8,12H2,1H3. The highest BCUT2D eigenvalue weighted by atomic mass is 16.5. The normalized spacial score (nSPS) is 21.1. The van der Waals surface area contributed by atoms with Crippen molar-refractivity contribution in [3.8, 4) is 0 Å². The summed E-state index contributed by atoms with van der Waals surface area (Å²) in [6.45, 7) is 5.12. The van der Waals surface area contributed by atoms with Crippen LogP contribution in [0.3, 0.4) is 0 Å². The van der Waals surface area contributed by atoms with Gasteiger partial charge in [-0.15, -0.1) is 0 Å². The van der Waals surface area contributed by atoms with E-state index in [0.29, 0.717) is 6.54 Å². The maximum absolute atomic E-state index is 5.64. The van der Waals surface area contributed by atoms with Gasteiger partial charge in [0.2, 0.25) is 0 Å². The number of hydrogen-bond donors (Lipinski definition) is 1. The summed E-state index contributed by atoms with van der Waals surface area (Å²) in [5.41, 5.74) is 6.52. The molecule has 2 rings (SSSR count). The Morgan fingerprint density at radius 1 is 1.50 bits per heavy atom. The van der Waals surface area contributed by atoms with E-state index in [1.165, 1.54) is 0 Å². The molecule has 1 aliphatic heterocycles. The molecule has 1 fully saturated rings. The molecule has 5 nitrogen and oxygen atoms in total. The maximum Gasteiger partial charge on any atom is 0.150 e. The van der Waals surface area contributed by atoms with Crippen LogP contribution in [-0.2, 0) is 4.74 Å². The molecule has 0 spiro atoms. The molecule has 1 atom stereocenters. The maximum atomic E-state index is 5.64.